The zero-order valence-electron chi connectivity index (χ0n) is 11.4. The lowest BCUT2D eigenvalue weighted by molar-refractivity contribution is 0.155. The van der Waals surface area contributed by atoms with E-state index >= 15 is 0 Å². The molecule has 1 rings (SSSR count). The molecule has 2 nitrogen and oxygen atoms in total. The van der Waals surface area contributed by atoms with Gasteiger partial charge in [-0.2, -0.15) is 0 Å². The Morgan fingerprint density at radius 3 is 2.29 bits per heavy atom. The highest BCUT2D eigenvalue weighted by Crippen LogP contribution is 2.27. The van der Waals surface area contributed by atoms with Gasteiger partial charge in [-0.3, -0.25) is 0 Å². The Balaban J connectivity index is 2.56. The smallest absolute Gasteiger partial charge is 0.119 e. The molecule has 0 bridgehead atoms. The van der Waals surface area contributed by atoms with Crippen molar-refractivity contribution in [2.75, 3.05) is 6.61 Å². The average molecular weight is 236 g/mol. The van der Waals surface area contributed by atoms with Gasteiger partial charge in [0.25, 0.3) is 0 Å². The number of rotatable bonds is 6. The summed E-state index contributed by atoms with van der Waals surface area (Å²) >= 11 is 0. The van der Waals surface area contributed by atoms with E-state index in [2.05, 4.69) is 32.9 Å². The van der Waals surface area contributed by atoms with Crippen LogP contribution in [-0.2, 0) is 5.41 Å². The Hall–Kier alpha value is -1.02. The van der Waals surface area contributed by atoms with Gasteiger partial charge in [0.2, 0.25) is 0 Å². The van der Waals surface area contributed by atoms with Crippen LogP contribution >= 0.6 is 0 Å². The molecule has 96 valence electrons. The molecule has 0 aliphatic carbocycles. The highest BCUT2D eigenvalue weighted by molar-refractivity contribution is 5.31. The highest BCUT2D eigenvalue weighted by Gasteiger charge is 2.17. The van der Waals surface area contributed by atoms with Crippen LogP contribution in [0.2, 0.25) is 0 Å². The molecule has 0 spiro atoms. The van der Waals surface area contributed by atoms with Crippen molar-refractivity contribution in [1.29, 1.82) is 0 Å². The molecule has 1 atom stereocenters. The molecule has 1 unspecified atom stereocenters. The van der Waals surface area contributed by atoms with E-state index in [0.717, 1.165) is 12.2 Å². The molecule has 0 saturated heterocycles. The van der Waals surface area contributed by atoms with Crippen molar-refractivity contribution in [3.05, 3.63) is 29.8 Å². The van der Waals surface area contributed by atoms with Gasteiger partial charge in [0.1, 0.15) is 5.75 Å². The summed E-state index contributed by atoms with van der Waals surface area (Å²) in [7, 11) is 0. The molecule has 1 aromatic rings. The lowest BCUT2D eigenvalue weighted by Gasteiger charge is -2.23. The summed E-state index contributed by atoms with van der Waals surface area (Å²) in [5.41, 5.74) is 1.56. The minimum Gasteiger partial charge on any atom is -0.493 e. The molecule has 1 N–H and O–H groups in total. The Labute approximate surface area is 105 Å². The molecule has 0 heterocycles. The minimum absolute atomic E-state index is 0.220. The van der Waals surface area contributed by atoms with E-state index in [-0.39, 0.29) is 11.5 Å². The Morgan fingerprint density at radius 1 is 1.24 bits per heavy atom. The van der Waals surface area contributed by atoms with Crippen LogP contribution in [0.3, 0.4) is 0 Å². The zero-order valence-corrected chi connectivity index (χ0v) is 11.4. The van der Waals surface area contributed by atoms with Crippen molar-refractivity contribution in [1.82, 2.24) is 0 Å². The summed E-state index contributed by atoms with van der Waals surface area (Å²) in [5, 5.41) is 9.13. The Morgan fingerprint density at radius 2 is 1.82 bits per heavy atom. The molecule has 17 heavy (non-hydrogen) atoms. The standard InChI is InChI=1S/C15H24O2/c1-5-15(3,4)13-6-8-14(9-7-13)17-11-10-12(2)16/h6-9,12,16H,5,10-11H2,1-4H3. The number of aliphatic hydroxyl groups excluding tert-OH is 1. The maximum Gasteiger partial charge on any atom is 0.119 e. The molecule has 0 aliphatic heterocycles. The normalized spacial score (nSPS) is 13.5. The van der Waals surface area contributed by atoms with Crippen LogP contribution in [-0.4, -0.2) is 17.8 Å². The van der Waals surface area contributed by atoms with E-state index in [0.29, 0.717) is 13.0 Å². The number of hydrogen-bond donors (Lipinski definition) is 1. The summed E-state index contributed by atoms with van der Waals surface area (Å²) in [4.78, 5) is 0. The van der Waals surface area contributed by atoms with Crippen LogP contribution in [0.15, 0.2) is 24.3 Å². The molecule has 0 saturated carbocycles. The SMILES string of the molecule is CCC(C)(C)c1ccc(OCCC(C)O)cc1. The fraction of sp³-hybridized carbons (Fsp3) is 0.600. The molecular formula is C15H24O2. The summed E-state index contributed by atoms with van der Waals surface area (Å²) in [6.45, 7) is 9.03. The average Bonchev–Trinajstić information content (AvgIpc) is 2.29. The Bertz CT molecular complexity index is 325. The van der Waals surface area contributed by atoms with Crippen LogP contribution in [0.1, 0.15) is 46.1 Å². The molecule has 0 aromatic heterocycles. The summed E-state index contributed by atoms with van der Waals surface area (Å²) in [5.74, 6) is 0.876. The first-order valence-corrected chi connectivity index (χ1v) is 6.37. The van der Waals surface area contributed by atoms with Crippen LogP contribution < -0.4 is 4.74 Å². The van der Waals surface area contributed by atoms with E-state index in [4.69, 9.17) is 9.84 Å². The minimum atomic E-state index is -0.298. The van der Waals surface area contributed by atoms with E-state index in [1.165, 1.54) is 5.56 Å². The summed E-state index contributed by atoms with van der Waals surface area (Å²) in [6.07, 6.45) is 1.49. The predicted molar refractivity (Wildman–Crippen MR) is 71.6 cm³/mol. The van der Waals surface area contributed by atoms with Gasteiger partial charge in [0, 0.05) is 6.42 Å². The van der Waals surface area contributed by atoms with Gasteiger partial charge in [0.05, 0.1) is 12.7 Å². The van der Waals surface area contributed by atoms with Gasteiger partial charge in [-0.1, -0.05) is 32.9 Å². The number of aliphatic hydroxyl groups is 1. The number of hydrogen-bond acceptors (Lipinski definition) is 2. The van der Waals surface area contributed by atoms with Gasteiger partial charge in [-0.15, -0.1) is 0 Å². The summed E-state index contributed by atoms with van der Waals surface area (Å²) < 4.78 is 5.56. The molecule has 0 radical (unpaired) electrons. The number of benzene rings is 1. The second-order valence-corrected chi connectivity index (χ2v) is 5.25. The van der Waals surface area contributed by atoms with Crippen LogP contribution in [0.4, 0.5) is 0 Å². The molecule has 0 fully saturated rings. The molecule has 0 amide bonds. The fourth-order valence-electron chi connectivity index (χ4n) is 1.55. The van der Waals surface area contributed by atoms with Crippen molar-refractivity contribution >= 4 is 0 Å². The quantitative estimate of drug-likeness (QED) is 0.819. The van der Waals surface area contributed by atoms with E-state index in [9.17, 15) is 0 Å². The second kappa shape index (κ2) is 6.06. The first-order valence-electron chi connectivity index (χ1n) is 6.37. The van der Waals surface area contributed by atoms with Gasteiger partial charge in [0.15, 0.2) is 0 Å². The second-order valence-electron chi connectivity index (χ2n) is 5.25. The maximum absolute atomic E-state index is 9.13. The largest absolute Gasteiger partial charge is 0.493 e. The van der Waals surface area contributed by atoms with Gasteiger partial charge in [-0.05, 0) is 36.5 Å². The van der Waals surface area contributed by atoms with Crippen LogP contribution in [0.5, 0.6) is 5.75 Å². The third kappa shape index (κ3) is 4.39. The van der Waals surface area contributed by atoms with Crippen LogP contribution in [0.25, 0.3) is 0 Å². The predicted octanol–water partition coefficient (Wildman–Crippen LogP) is 3.52. The lowest BCUT2D eigenvalue weighted by Crippen LogP contribution is -2.15. The topological polar surface area (TPSA) is 29.5 Å². The lowest BCUT2D eigenvalue weighted by atomic mass is 9.82. The highest BCUT2D eigenvalue weighted by atomic mass is 16.5. The van der Waals surface area contributed by atoms with Crippen LogP contribution in [0, 0.1) is 0 Å². The molecule has 2 heteroatoms. The molecular weight excluding hydrogens is 212 g/mol. The number of ether oxygens (including phenoxy) is 1. The van der Waals surface area contributed by atoms with Crippen molar-refractivity contribution in [3.63, 3.8) is 0 Å². The van der Waals surface area contributed by atoms with Gasteiger partial charge in [-0.25, -0.2) is 0 Å². The van der Waals surface area contributed by atoms with E-state index in [1.54, 1.807) is 6.92 Å². The first-order chi connectivity index (χ1) is 7.95. The molecule has 0 aliphatic rings. The van der Waals surface area contributed by atoms with Gasteiger partial charge < -0.3 is 9.84 Å². The first kappa shape index (κ1) is 14.0. The zero-order chi connectivity index (χ0) is 12.9. The van der Waals surface area contributed by atoms with E-state index < -0.39 is 0 Å². The summed E-state index contributed by atoms with van der Waals surface area (Å²) in [6, 6.07) is 8.27. The van der Waals surface area contributed by atoms with Crippen molar-refractivity contribution < 1.29 is 9.84 Å². The fourth-order valence-corrected chi connectivity index (χ4v) is 1.55. The molecule has 1 aromatic carbocycles. The monoisotopic (exact) mass is 236 g/mol. The van der Waals surface area contributed by atoms with E-state index in [1.807, 2.05) is 12.1 Å². The van der Waals surface area contributed by atoms with Crippen molar-refractivity contribution in [2.45, 2.75) is 52.1 Å². The third-order valence-corrected chi connectivity index (χ3v) is 3.32. The third-order valence-electron chi connectivity index (χ3n) is 3.32. The van der Waals surface area contributed by atoms with Crippen molar-refractivity contribution in [3.8, 4) is 5.75 Å². The Kier molecular flexibility index (Phi) is 5.01. The van der Waals surface area contributed by atoms with Gasteiger partial charge >= 0.3 is 0 Å². The maximum atomic E-state index is 9.13. The van der Waals surface area contributed by atoms with Crippen molar-refractivity contribution in [2.24, 2.45) is 0 Å².